The topological polar surface area (TPSA) is 0 Å². The van der Waals surface area contributed by atoms with Gasteiger partial charge in [0.1, 0.15) is 0 Å². The van der Waals surface area contributed by atoms with Crippen molar-refractivity contribution in [2.75, 3.05) is 0 Å². The highest BCUT2D eigenvalue weighted by molar-refractivity contribution is 5.64. The molecule has 2 rings (SSSR count). The second kappa shape index (κ2) is 4.99. The van der Waals surface area contributed by atoms with Gasteiger partial charge in [-0.3, -0.25) is 0 Å². The molecule has 0 amide bonds. The number of benzene rings is 2. The van der Waals surface area contributed by atoms with Crippen LogP contribution in [0.15, 0.2) is 48.5 Å². The normalized spacial score (nSPS) is 11.9. The Morgan fingerprint density at radius 2 is 1.42 bits per heavy atom. The predicted octanol–water partition coefficient (Wildman–Crippen LogP) is 5.31. The minimum atomic E-state index is -4.42. The molecule has 2 aromatic carbocycles. The lowest BCUT2D eigenvalue weighted by atomic mass is 10.0. The SMILES string of the molecule is FC(F)c1ccc(-c2cccc(C(F)(F)F)c2)cc1. The highest BCUT2D eigenvalue weighted by Crippen LogP contribution is 2.32. The Morgan fingerprint density at radius 3 is 1.95 bits per heavy atom. The molecule has 5 heteroatoms. The summed E-state index contributed by atoms with van der Waals surface area (Å²) in [6, 6.07) is 9.95. The summed E-state index contributed by atoms with van der Waals surface area (Å²) in [7, 11) is 0. The first-order chi connectivity index (χ1) is 8.88. The zero-order valence-corrected chi connectivity index (χ0v) is 9.59. The van der Waals surface area contributed by atoms with Crippen molar-refractivity contribution in [1.29, 1.82) is 0 Å². The van der Waals surface area contributed by atoms with Crippen LogP contribution >= 0.6 is 0 Å². The van der Waals surface area contributed by atoms with Crippen molar-refractivity contribution in [1.82, 2.24) is 0 Å². The third kappa shape index (κ3) is 3.10. The third-order valence-electron chi connectivity index (χ3n) is 2.69. The molecule has 0 unspecified atom stereocenters. The molecule has 0 heterocycles. The number of rotatable bonds is 2. The van der Waals surface area contributed by atoms with Crippen molar-refractivity contribution in [3.8, 4) is 11.1 Å². The minimum absolute atomic E-state index is 0.157. The molecule has 100 valence electrons. The Bertz CT molecular complexity index is 555. The molecule has 0 radical (unpaired) electrons. The van der Waals surface area contributed by atoms with E-state index in [9.17, 15) is 22.0 Å². The maximum Gasteiger partial charge on any atom is 0.416 e. The van der Waals surface area contributed by atoms with Crippen molar-refractivity contribution >= 4 is 0 Å². The molecule has 0 aliphatic rings. The van der Waals surface area contributed by atoms with E-state index in [-0.39, 0.29) is 5.56 Å². The molecule has 0 atom stereocenters. The molecule has 0 aromatic heterocycles. The average molecular weight is 272 g/mol. The van der Waals surface area contributed by atoms with E-state index in [2.05, 4.69) is 0 Å². The van der Waals surface area contributed by atoms with E-state index in [1.807, 2.05) is 0 Å². The van der Waals surface area contributed by atoms with Crippen LogP contribution in [-0.2, 0) is 6.18 Å². The maximum atomic E-state index is 12.6. The third-order valence-corrected chi connectivity index (χ3v) is 2.69. The summed E-state index contributed by atoms with van der Waals surface area (Å²) in [5, 5.41) is 0. The van der Waals surface area contributed by atoms with Gasteiger partial charge in [0, 0.05) is 5.56 Å². The lowest BCUT2D eigenvalue weighted by Gasteiger charge is -2.09. The Labute approximate surface area is 106 Å². The first-order valence-corrected chi connectivity index (χ1v) is 5.43. The summed E-state index contributed by atoms with van der Waals surface area (Å²) in [5.74, 6) is 0. The van der Waals surface area contributed by atoms with Crippen molar-refractivity contribution in [3.63, 3.8) is 0 Å². The number of hydrogen-bond acceptors (Lipinski definition) is 0. The van der Waals surface area contributed by atoms with Crippen molar-refractivity contribution in [2.45, 2.75) is 12.6 Å². The number of alkyl halides is 5. The predicted molar refractivity (Wildman–Crippen MR) is 61.8 cm³/mol. The molecule has 2 aromatic rings. The van der Waals surface area contributed by atoms with Crippen LogP contribution in [0.3, 0.4) is 0 Å². The van der Waals surface area contributed by atoms with Gasteiger partial charge < -0.3 is 0 Å². The first kappa shape index (κ1) is 13.5. The first-order valence-electron chi connectivity index (χ1n) is 5.43. The molecular formula is C14H9F5. The van der Waals surface area contributed by atoms with Crippen LogP contribution < -0.4 is 0 Å². The Balaban J connectivity index is 2.37. The fraction of sp³-hybridized carbons (Fsp3) is 0.143. The lowest BCUT2D eigenvalue weighted by Crippen LogP contribution is -2.04. The smallest absolute Gasteiger partial charge is 0.205 e. The van der Waals surface area contributed by atoms with Gasteiger partial charge in [-0.05, 0) is 23.3 Å². The monoisotopic (exact) mass is 272 g/mol. The van der Waals surface area contributed by atoms with Gasteiger partial charge in [0.2, 0.25) is 0 Å². The molecule has 0 saturated carbocycles. The average Bonchev–Trinajstić information content (AvgIpc) is 2.38. The molecule has 0 nitrogen and oxygen atoms in total. The molecule has 0 N–H and O–H groups in total. The van der Waals surface area contributed by atoms with E-state index in [0.717, 1.165) is 12.1 Å². The lowest BCUT2D eigenvalue weighted by molar-refractivity contribution is -0.137. The highest BCUT2D eigenvalue weighted by atomic mass is 19.4. The molecule has 0 aliphatic carbocycles. The summed E-state index contributed by atoms with van der Waals surface area (Å²) < 4.78 is 62.4. The molecule has 0 spiro atoms. The van der Waals surface area contributed by atoms with Crippen LogP contribution in [0.25, 0.3) is 11.1 Å². The summed E-state index contributed by atoms with van der Waals surface area (Å²) in [6.45, 7) is 0. The van der Waals surface area contributed by atoms with E-state index in [0.29, 0.717) is 11.1 Å². The van der Waals surface area contributed by atoms with E-state index in [1.54, 1.807) is 0 Å². The van der Waals surface area contributed by atoms with Crippen LogP contribution in [0.5, 0.6) is 0 Å². The van der Waals surface area contributed by atoms with Crippen LogP contribution in [0.4, 0.5) is 22.0 Å². The van der Waals surface area contributed by atoms with Crippen molar-refractivity contribution < 1.29 is 22.0 Å². The molecule has 0 fully saturated rings. The van der Waals surface area contributed by atoms with Crippen LogP contribution in [0, 0.1) is 0 Å². The highest BCUT2D eigenvalue weighted by Gasteiger charge is 2.30. The largest absolute Gasteiger partial charge is 0.416 e. The van der Waals surface area contributed by atoms with E-state index >= 15 is 0 Å². The summed E-state index contributed by atoms with van der Waals surface area (Å²) in [6.07, 6.45) is -7.01. The van der Waals surface area contributed by atoms with Gasteiger partial charge in [0.05, 0.1) is 5.56 Å². The molecule has 0 aliphatic heterocycles. The van der Waals surface area contributed by atoms with Gasteiger partial charge in [0.25, 0.3) is 6.43 Å². The molecular weight excluding hydrogens is 263 g/mol. The second-order valence-corrected chi connectivity index (χ2v) is 4.00. The standard InChI is InChI=1S/C14H9F5/c15-13(16)10-6-4-9(5-7-10)11-2-1-3-12(8-11)14(17,18)19/h1-8,13H. The zero-order valence-electron chi connectivity index (χ0n) is 9.59. The fourth-order valence-electron chi connectivity index (χ4n) is 1.70. The minimum Gasteiger partial charge on any atom is -0.205 e. The van der Waals surface area contributed by atoms with Gasteiger partial charge in [-0.1, -0.05) is 36.4 Å². The van der Waals surface area contributed by atoms with E-state index in [4.69, 9.17) is 0 Å². The Morgan fingerprint density at radius 1 is 0.789 bits per heavy atom. The number of hydrogen-bond donors (Lipinski definition) is 0. The summed E-state index contributed by atoms with van der Waals surface area (Å²) in [4.78, 5) is 0. The van der Waals surface area contributed by atoms with Gasteiger partial charge in [-0.25, -0.2) is 8.78 Å². The fourth-order valence-corrected chi connectivity index (χ4v) is 1.70. The van der Waals surface area contributed by atoms with Gasteiger partial charge >= 0.3 is 6.18 Å². The van der Waals surface area contributed by atoms with Crippen LogP contribution in [0.1, 0.15) is 17.6 Å². The van der Waals surface area contributed by atoms with E-state index in [1.165, 1.54) is 36.4 Å². The zero-order chi connectivity index (χ0) is 14.0. The second-order valence-electron chi connectivity index (χ2n) is 4.00. The Kier molecular flexibility index (Phi) is 3.55. The number of halogens is 5. The molecule has 19 heavy (non-hydrogen) atoms. The Hall–Kier alpha value is -1.91. The van der Waals surface area contributed by atoms with Gasteiger partial charge in [-0.15, -0.1) is 0 Å². The van der Waals surface area contributed by atoms with Gasteiger partial charge in [0.15, 0.2) is 0 Å². The quantitative estimate of drug-likeness (QED) is 0.650. The van der Waals surface area contributed by atoms with Crippen molar-refractivity contribution in [2.24, 2.45) is 0 Å². The molecule has 0 bridgehead atoms. The summed E-state index contributed by atoms with van der Waals surface area (Å²) >= 11 is 0. The molecule has 0 saturated heterocycles. The maximum absolute atomic E-state index is 12.6. The van der Waals surface area contributed by atoms with Crippen molar-refractivity contribution in [3.05, 3.63) is 59.7 Å². The van der Waals surface area contributed by atoms with Crippen LogP contribution in [-0.4, -0.2) is 0 Å². The van der Waals surface area contributed by atoms with Gasteiger partial charge in [-0.2, -0.15) is 13.2 Å². The van der Waals surface area contributed by atoms with Crippen LogP contribution in [0.2, 0.25) is 0 Å². The summed E-state index contributed by atoms with van der Waals surface area (Å²) in [5.41, 5.74) is -0.107. The van der Waals surface area contributed by atoms with E-state index < -0.39 is 18.2 Å².